The monoisotopic (exact) mass is 277 g/mol. The van der Waals surface area contributed by atoms with Gasteiger partial charge < -0.3 is 10.6 Å². The molecule has 4 heteroatoms. The highest BCUT2D eigenvalue weighted by Crippen LogP contribution is 2.45. The van der Waals surface area contributed by atoms with Crippen molar-refractivity contribution < 1.29 is 4.79 Å². The number of rotatable bonds is 3. The maximum atomic E-state index is 12.2. The van der Waals surface area contributed by atoms with Gasteiger partial charge in [-0.2, -0.15) is 5.26 Å². The molecule has 0 spiro atoms. The third-order valence-corrected chi connectivity index (χ3v) is 3.72. The van der Waals surface area contributed by atoms with Crippen LogP contribution in [0.3, 0.4) is 0 Å². The van der Waals surface area contributed by atoms with Gasteiger partial charge in [-0.25, -0.2) is 4.79 Å². The Bertz CT molecular complexity index is 699. The molecule has 0 atom stereocenters. The van der Waals surface area contributed by atoms with Crippen LogP contribution in [0.2, 0.25) is 0 Å². The van der Waals surface area contributed by atoms with Crippen LogP contribution < -0.4 is 10.6 Å². The van der Waals surface area contributed by atoms with E-state index < -0.39 is 0 Å². The van der Waals surface area contributed by atoms with Crippen LogP contribution in [0.1, 0.15) is 24.0 Å². The second-order valence-electron chi connectivity index (χ2n) is 5.18. The quantitative estimate of drug-likeness (QED) is 0.903. The zero-order valence-corrected chi connectivity index (χ0v) is 11.5. The minimum absolute atomic E-state index is 0.257. The number of anilines is 1. The second-order valence-corrected chi connectivity index (χ2v) is 5.18. The molecule has 3 rings (SSSR count). The van der Waals surface area contributed by atoms with Crippen LogP contribution in [-0.4, -0.2) is 6.03 Å². The fourth-order valence-electron chi connectivity index (χ4n) is 2.43. The number of hydrogen-bond donors (Lipinski definition) is 2. The summed E-state index contributed by atoms with van der Waals surface area (Å²) < 4.78 is 0. The molecule has 0 unspecified atom stereocenters. The van der Waals surface area contributed by atoms with Gasteiger partial charge in [0.15, 0.2) is 0 Å². The summed E-state index contributed by atoms with van der Waals surface area (Å²) in [6.45, 7) is 0. The number of hydrogen-bond acceptors (Lipinski definition) is 2. The molecule has 2 aromatic carbocycles. The van der Waals surface area contributed by atoms with Crippen molar-refractivity contribution >= 4 is 11.7 Å². The first-order valence-electron chi connectivity index (χ1n) is 6.87. The molecule has 0 aromatic heterocycles. The van der Waals surface area contributed by atoms with E-state index in [2.05, 4.69) is 16.7 Å². The van der Waals surface area contributed by atoms with E-state index >= 15 is 0 Å². The molecule has 1 aliphatic carbocycles. The first-order chi connectivity index (χ1) is 10.2. The lowest BCUT2D eigenvalue weighted by Gasteiger charge is -2.18. The van der Waals surface area contributed by atoms with Crippen LogP contribution in [0.5, 0.6) is 0 Å². The molecule has 0 radical (unpaired) electrons. The summed E-state index contributed by atoms with van der Waals surface area (Å²) in [6.07, 6.45) is 1.87. The smallest absolute Gasteiger partial charge is 0.319 e. The van der Waals surface area contributed by atoms with Gasteiger partial charge >= 0.3 is 6.03 Å². The van der Waals surface area contributed by atoms with E-state index in [0.29, 0.717) is 11.3 Å². The summed E-state index contributed by atoms with van der Waals surface area (Å²) in [5.41, 5.74) is 1.85. The third-order valence-electron chi connectivity index (χ3n) is 3.72. The largest absolute Gasteiger partial charge is 0.328 e. The maximum Gasteiger partial charge on any atom is 0.319 e. The SMILES string of the molecule is N#Cc1ccccc1NC(=O)NC1(c2ccccc2)CC1. The normalized spacial score (nSPS) is 14.8. The summed E-state index contributed by atoms with van der Waals surface area (Å²) in [5.74, 6) is 0. The summed E-state index contributed by atoms with van der Waals surface area (Å²) in [6, 6.07) is 18.7. The zero-order valence-electron chi connectivity index (χ0n) is 11.5. The van der Waals surface area contributed by atoms with Gasteiger partial charge in [0.25, 0.3) is 0 Å². The molecule has 1 fully saturated rings. The Morgan fingerprint density at radius 2 is 1.71 bits per heavy atom. The average Bonchev–Trinajstić information content (AvgIpc) is 3.29. The highest BCUT2D eigenvalue weighted by atomic mass is 16.2. The number of benzene rings is 2. The molecule has 0 saturated heterocycles. The highest BCUT2D eigenvalue weighted by molar-refractivity contribution is 5.91. The van der Waals surface area contributed by atoms with Crippen molar-refractivity contribution in [2.24, 2.45) is 0 Å². The van der Waals surface area contributed by atoms with Crippen LogP contribution >= 0.6 is 0 Å². The molecule has 4 nitrogen and oxygen atoms in total. The summed E-state index contributed by atoms with van der Waals surface area (Å²) in [4.78, 5) is 12.2. The molecule has 0 aliphatic heterocycles. The Labute approximate surface area is 123 Å². The molecular weight excluding hydrogens is 262 g/mol. The molecule has 1 saturated carbocycles. The van der Waals surface area contributed by atoms with Gasteiger partial charge in [-0.3, -0.25) is 0 Å². The molecule has 104 valence electrons. The van der Waals surface area contributed by atoms with Gasteiger partial charge in [-0.05, 0) is 30.5 Å². The number of carbonyl (C=O) groups is 1. The standard InChI is InChI=1S/C17H15N3O/c18-12-13-6-4-5-9-15(13)19-16(21)20-17(10-11-17)14-7-2-1-3-8-14/h1-9H,10-11H2,(H2,19,20,21). The van der Waals surface area contributed by atoms with Crippen molar-refractivity contribution in [2.45, 2.75) is 18.4 Å². The summed E-state index contributed by atoms with van der Waals surface area (Å²) in [7, 11) is 0. The van der Waals surface area contributed by atoms with Crippen LogP contribution in [0.4, 0.5) is 10.5 Å². The van der Waals surface area contributed by atoms with Crippen LogP contribution in [0, 0.1) is 11.3 Å². The molecule has 2 N–H and O–H groups in total. The fourth-order valence-corrected chi connectivity index (χ4v) is 2.43. The van der Waals surface area contributed by atoms with Crippen LogP contribution in [0.25, 0.3) is 0 Å². The lowest BCUT2D eigenvalue weighted by Crippen LogP contribution is -2.38. The number of carbonyl (C=O) groups excluding carboxylic acids is 1. The number of para-hydroxylation sites is 1. The topological polar surface area (TPSA) is 64.9 Å². The average molecular weight is 277 g/mol. The van der Waals surface area contributed by atoms with Crippen molar-refractivity contribution in [2.75, 3.05) is 5.32 Å². The molecule has 0 heterocycles. The maximum absolute atomic E-state index is 12.2. The summed E-state index contributed by atoms with van der Waals surface area (Å²) >= 11 is 0. The number of amides is 2. The van der Waals surface area contributed by atoms with Crippen molar-refractivity contribution in [3.63, 3.8) is 0 Å². The van der Waals surface area contributed by atoms with Gasteiger partial charge in [-0.15, -0.1) is 0 Å². The van der Waals surface area contributed by atoms with E-state index in [0.717, 1.165) is 18.4 Å². The Balaban J connectivity index is 1.72. The molecule has 2 aromatic rings. The number of nitrogens with zero attached hydrogens (tertiary/aromatic N) is 1. The molecule has 2 amide bonds. The predicted octanol–water partition coefficient (Wildman–Crippen LogP) is 3.37. The second kappa shape index (κ2) is 5.29. The lowest BCUT2D eigenvalue weighted by molar-refractivity contribution is 0.247. The first-order valence-corrected chi connectivity index (χ1v) is 6.87. The Morgan fingerprint density at radius 3 is 2.38 bits per heavy atom. The Kier molecular flexibility index (Phi) is 3.33. The highest BCUT2D eigenvalue weighted by Gasteiger charge is 2.45. The Morgan fingerprint density at radius 1 is 1.05 bits per heavy atom. The third kappa shape index (κ3) is 2.72. The first kappa shape index (κ1) is 13.2. The number of urea groups is 1. The minimum Gasteiger partial charge on any atom is -0.328 e. The number of nitrogens with one attached hydrogen (secondary N) is 2. The Hall–Kier alpha value is -2.80. The van der Waals surface area contributed by atoms with Gasteiger partial charge in [0.1, 0.15) is 6.07 Å². The van der Waals surface area contributed by atoms with Crippen molar-refractivity contribution in [1.82, 2.24) is 5.32 Å². The number of nitriles is 1. The van der Waals surface area contributed by atoms with Crippen molar-refractivity contribution in [3.8, 4) is 6.07 Å². The predicted molar refractivity (Wildman–Crippen MR) is 80.7 cm³/mol. The van der Waals surface area contributed by atoms with E-state index in [-0.39, 0.29) is 11.6 Å². The molecule has 1 aliphatic rings. The zero-order chi connectivity index (χ0) is 14.7. The fraction of sp³-hybridized carbons (Fsp3) is 0.176. The van der Waals surface area contributed by atoms with E-state index in [4.69, 9.17) is 5.26 Å². The van der Waals surface area contributed by atoms with E-state index in [1.165, 1.54) is 0 Å². The molecule has 21 heavy (non-hydrogen) atoms. The van der Waals surface area contributed by atoms with Crippen LogP contribution in [0.15, 0.2) is 54.6 Å². The molecular formula is C17H15N3O. The van der Waals surface area contributed by atoms with Crippen molar-refractivity contribution in [3.05, 3.63) is 65.7 Å². The van der Waals surface area contributed by atoms with E-state index in [1.807, 2.05) is 30.3 Å². The van der Waals surface area contributed by atoms with E-state index in [9.17, 15) is 4.79 Å². The van der Waals surface area contributed by atoms with E-state index in [1.54, 1.807) is 24.3 Å². The summed E-state index contributed by atoms with van der Waals surface area (Å²) in [5, 5.41) is 14.8. The van der Waals surface area contributed by atoms with Gasteiger partial charge in [0.05, 0.1) is 16.8 Å². The van der Waals surface area contributed by atoms with Gasteiger partial charge in [0, 0.05) is 0 Å². The van der Waals surface area contributed by atoms with Gasteiger partial charge in [-0.1, -0.05) is 42.5 Å². The van der Waals surface area contributed by atoms with Crippen LogP contribution in [-0.2, 0) is 5.54 Å². The van der Waals surface area contributed by atoms with Gasteiger partial charge in [0.2, 0.25) is 0 Å². The lowest BCUT2D eigenvalue weighted by atomic mass is 10.1. The molecule has 0 bridgehead atoms. The van der Waals surface area contributed by atoms with Crippen molar-refractivity contribution in [1.29, 1.82) is 5.26 Å². The minimum atomic E-state index is -0.279.